The first kappa shape index (κ1) is 24.1. The molecule has 3 aromatic carbocycles. The Hall–Kier alpha value is -3.52. The molecule has 0 atom stereocenters. The van der Waals surface area contributed by atoms with Crippen LogP contribution in [0.1, 0.15) is 36.5 Å². The van der Waals surface area contributed by atoms with Crippen molar-refractivity contribution < 1.29 is 22.7 Å². The van der Waals surface area contributed by atoms with Gasteiger partial charge in [-0.15, -0.1) is 0 Å². The summed E-state index contributed by atoms with van der Waals surface area (Å²) in [5.74, 6) is 1.06. The molecule has 8 heteroatoms. The zero-order chi connectivity index (χ0) is 23.7. The Bertz CT molecular complexity index is 1140. The van der Waals surface area contributed by atoms with Crippen LogP contribution in [0, 0.1) is 0 Å². The molecule has 7 nitrogen and oxygen atoms in total. The molecular formula is C25H28N2O5S. The Balaban J connectivity index is 1.58. The van der Waals surface area contributed by atoms with Gasteiger partial charge in [-0.05, 0) is 79.2 Å². The summed E-state index contributed by atoms with van der Waals surface area (Å²) in [4.78, 5) is 12.6. The van der Waals surface area contributed by atoms with Gasteiger partial charge in [0.15, 0.2) is 0 Å². The third-order valence-corrected chi connectivity index (χ3v) is 6.30. The molecule has 3 rings (SSSR count). The van der Waals surface area contributed by atoms with E-state index in [1.54, 1.807) is 67.8 Å². The van der Waals surface area contributed by atoms with Crippen LogP contribution in [0.3, 0.4) is 0 Å². The SMILES string of the molecule is CCCCCOc1ccc(C(=O)Nc2ccc(S(=O)(=O)Nc3ccc(OC)cc3)cc2)cc1. The van der Waals surface area contributed by atoms with Crippen LogP contribution >= 0.6 is 0 Å². The molecule has 174 valence electrons. The van der Waals surface area contributed by atoms with Gasteiger partial charge in [-0.25, -0.2) is 8.42 Å². The van der Waals surface area contributed by atoms with E-state index >= 15 is 0 Å². The molecule has 3 aromatic rings. The van der Waals surface area contributed by atoms with Gasteiger partial charge in [0.2, 0.25) is 0 Å². The van der Waals surface area contributed by atoms with Crippen LogP contribution in [0.4, 0.5) is 11.4 Å². The second kappa shape index (κ2) is 11.4. The minimum absolute atomic E-state index is 0.0842. The molecule has 0 fully saturated rings. The molecule has 0 aliphatic heterocycles. The molecule has 0 unspecified atom stereocenters. The maximum atomic E-state index is 12.6. The number of ether oxygens (including phenoxy) is 2. The number of methoxy groups -OCH3 is 1. The lowest BCUT2D eigenvalue weighted by Gasteiger charge is -2.10. The predicted molar refractivity (Wildman–Crippen MR) is 130 cm³/mol. The number of carbonyl (C=O) groups excluding carboxylic acids is 1. The van der Waals surface area contributed by atoms with Crippen LogP contribution in [0.2, 0.25) is 0 Å². The van der Waals surface area contributed by atoms with Gasteiger partial charge in [-0.2, -0.15) is 0 Å². The van der Waals surface area contributed by atoms with Crippen LogP contribution in [0.25, 0.3) is 0 Å². The molecule has 0 saturated heterocycles. The van der Waals surface area contributed by atoms with E-state index < -0.39 is 10.0 Å². The van der Waals surface area contributed by atoms with E-state index in [0.717, 1.165) is 25.0 Å². The van der Waals surface area contributed by atoms with Crippen molar-refractivity contribution in [2.45, 2.75) is 31.1 Å². The molecular weight excluding hydrogens is 440 g/mol. The first-order valence-electron chi connectivity index (χ1n) is 10.7. The number of rotatable bonds is 11. The van der Waals surface area contributed by atoms with Gasteiger partial charge in [0, 0.05) is 16.9 Å². The Morgan fingerprint density at radius 2 is 1.42 bits per heavy atom. The van der Waals surface area contributed by atoms with Crippen molar-refractivity contribution in [1.29, 1.82) is 0 Å². The van der Waals surface area contributed by atoms with Gasteiger partial charge < -0.3 is 14.8 Å². The largest absolute Gasteiger partial charge is 0.497 e. The number of hydrogen-bond acceptors (Lipinski definition) is 5. The quantitative estimate of drug-likeness (QED) is 0.372. The van der Waals surface area contributed by atoms with Crippen molar-refractivity contribution in [3.8, 4) is 11.5 Å². The Kier molecular flexibility index (Phi) is 8.32. The fourth-order valence-electron chi connectivity index (χ4n) is 3.04. The molecule has 0 aliphatic carbocycles. The first-order valence-corrected chi connectivity index (χ1v) is 12.2. The van der Waals surface area contributed by atoms with Crippen molar-refractivity contribution >= 4 is 27.3 Å². The number of hydrogen-bond donors (Lipinski definition) is 2. The first-order chi connectivity index (χ1) is 15.9. The number of benzene rings is 3. The highest BCUT2D eigenvalue weighted by molar-refractivity contribution is 7.92. The van der Waals surface area contributed by atoms with Crippen LogP contribution in [0.15, 0.2) is 77.7 Å². The fourth-order valence-corrected chi connectivity index (χ4v) is 4.10. The van der Waals surface area contributed by atoms with Gasteiger partial charge in [-0.1, -0.05) is 19.8 Å². The fraction of sp³-hybridized carbons (Fsp3) is 0.240. The van der Waals surface area contributed by atoms with Crippen molar-refractivity contribution in [1.82, 2.24) is 0 Å². The number of sulfonamides is 1. The van der Waals surface area contributed by atoms with Gasteiger partial charge in [0.25, 0.3) is 15.9 Å². The van der Waals surface area contributed by atoms with Crippen molar-refractivity contribution in [2.24, 2.45) is 0 Å². The number of anilines is 2. The molecule has 33 heavy (non-hydrogen) atoms. The maximum Gasteiger partial charge on any atom is 0.261 e. The summed E-state index contributed by atoms with van der Waals surface area (Å²) in [6, 6.07) is 19.5. The van der Waals surface area contributed by atoms with Crippen molar-refractivity contribution in [3.63, 3.8) is 0 Å². The lowest BCUT2D eigenvalue weighted by Crippen LogP contribution is -2.14. The summed E-state index contributed by atoms with van der Waals surface area (Å²) in [5.41, 5.74) is 1.39. The highest BCUT2D eigenvalue weighted by Crippen LogP contribution is 2.21. The number of unbranched alkanes of at least 4 members (excludes halogenated alkanes) is 2. The smallest absolute Gasteiger partial charge is 0.261 e. The summed E-state index contributed by atoms with van der Waals surface area (Å²) in [7, 11) is -2.22. The van der Waals surface area contributed by atoms with Crippen LogP contribution < -0.4 is 19.5 Å². The second-order valence-corrected chi connectivity index (χ2v) is 9.07. The molecule has 0 aromatic heterocycles. The zero-order valence-electron chi connectivity index (χ0n) is 18.7. The third-order valence-electron chi connectivity index (χ3n) is 4.90. The molecule has 0 radical (unpaired) electrons. The van der Waals surface area contributed by atoms with Gasteiger partial charge in [0.1, 0.15) is 11.5 Å². The minimum atomic E-state index is -3.76. The van der Waals surface area contributed by atoms with E-state index in [4.69, 9.17) is 9.47 Å². The average molecular weight is 469 g/mol. The molecule has 0 heterocycles. The second-order valence-electron chi connectivity index (χ2n) is 7.39. The summed E-state index contributed by atoms with van der Waals surface area (Å²) in [6.07, 6.45) is 3.26. The Morgan fingerprint density at radius 1 is 0.818 bits per heavy atom. The normalized spacial score (nSPS) is 11.0. The Morgan fingerprint density at radius 3 is 2.03 bits per heavy atom. The maximum absolute atomic E-state index is 12.6. The average Bonchev–Trinajstić information content (AvgIpc) is 2.83. The Labute approximate surface area is 194 Å². The van der Waals surface area contributed by atoms with Gasteiger partial charge in [-0.3, -0.25) is 9.52 Å². The topological polar surface area (TPSA) is 93.7 Å². The summed E-state index contributed by atoms with van der Waals surface area (Å²) in [5, 5.41) is 2.77. The lowest BCUT2D eigenvalue weighted by molar-refractivity contribution is 0.102. The number of carbonyl (C=O) groups is 1. The van der Waals surface area contributed by atoms with Crippen LogP contribution in [-0.2, 0) is 10.0 Å². The molecule has 0 aliphatic rings. The minimum Gasteiger partial charge on any atom is -0.497 e. The lowest BCUT2D eigenvalue weighted by atomic mass is 10.2. The van der Waals surface area contributed by atoms with Crippen molar-refractivity contribution in [2.75, 3.05) is 23.8 Å². The van der Waals surface area contributed by atoms with E-state index in [-0.39, 0.29) is 10.8 Å². The van der Waals surface area contributed by atoms with Gasteiger partial charge in [0.05, 0.1) is 18.6 Å². The van der Waals surface area contributed by atoms with E-state index in [2.05, 4.69) is 17.0 Å². The molecule has 1 amide bonds. The highest BCUT2D eigenvalue weighted by atomic mass is 32.2. The van der Waals surface area contributed by atoms with E-state index in [1.165, 1.54) is 12.1 Å². The predicted octanol–water partition coefficient (Wildman–Crippen LogP) is 5.32. The summed E-state index contributed by atoms with van der Waals surface area (Å²) >= 11 is 0. The molecule has 2 N–H and O–H groups in total. The van der Waals surface area contributed by atoms with Crippen molar-refractivity contribution in [3.05, 3.63) is 78.4 Å². The van der Waals surface area contributed by atoms with E-state index in [9.17, 15) is 13.2 Å². The number of nitrogens with one attached hydrogen (secondary N) is 2. The molecule has 0 saturated carbocycles. The van der Waals surface area contributed by atoms with E-state index in [1.807, 2.05) is 0 Å². The number of amides is 1. The third kappa shape index (κ3) is 6.98. The zero-order valence-corrected chi connectivity index (χ0v) is 19.5. The molecule has 0 spiro atoms. The summed E-state index contributed by atoms with van der Waals surface area (Å²) in [6.45, 7) is 2.79. The van der Waals surface area contributed by atoms with E-state index in [0.29, 0.717) is 29.3 Å². The highest BCUT2D eigenvalue weighted by Gasteiger charge is 2.15. The van der Waals surface area contributed by atoms with Gasteiger partial charge >= 0.3 is 0 Å². The van der Waals surface area contributed by atoms with Crippen LogP contribution in [0.5, 0.6) is 11.5 Å². The van der Waals surface area contributed by atoms with Crippen LogP contribution in [-0.4, -0.2) is 28.0 Å². The summed E-state index contributed by atoms with van der Waals surface area (Å²) < 4.78 is 38.5. The standard InChI is InChI=1S/C25H28N2O5S/c1-3-4-5-18-32-23-12-6-19(7-13-23)25(28)26-20-10-16-24(17-11-20)33(29,30)27-21-8-14-22(31-2)15-9-21/h6-17,27H,3-5,18H2,1-2H3,(H,26,28). The molecule has 0 bridgehead atoms. The monoisotopic (exact) mass is 468 g/mol.